The minimum atomic E-state index is -0.298. The van der Waals surface area contributed by atoms with Crippen LogP contribution in [0.15, 0.2) is 11.1 Å². The summed E-state index contributed by atoms with van der Waals surface area (Å²) in [5.41, 5.74) is 1.01. The van der Waals surface area contributed by atoms with Crippen LogP contribution in [0.4, 0.5) is 0 Å². The zero-order valence-corrected chi connectivity index (χ0v) is 7.81. The van der Waals surface area contributed by atoms with Crippen LogP contribution in [0.2, 0.25) is 0 Å². The highest BCUT2D eigenvalue weighted by atomic mass is 32.1. The molecule has 2 heterocycles. The van der Waals surface area contributed by atoms with Crippen molar-refractivity contribution < 1.29 is 0 Å². The van der Waals surface area contributed by atoms with Crippen LogP contribution >= 0.6 is 12.2 Å². The number of rotatable bonds is 1. The van der Waals surface area contributed by atoms with Crippen LogP contribution in [0.1, 0.15) is 6.92 Å². The van der Waals surface area contributed by atoms with Gasteiger partial charge < -0.3 is 4.57 Å². The predicted molar refractivity (Wildman–Crippen MR) is 51.2 cm³/mol. The summed E-state index contributed by atoms with van der Waals surface area (Å²) in [4.78, 5) is 20.3. The second-order valence-corrected chi connectivity index (χ2v) is 3.04. The lowest BCUT2D eigenvalue weighted by Gasteiger charge is -1.96. The first kappa shape index (κ1) is 8.18. The van der Waals surface area contributed by atoms with Crippen molar-refractivity contribution in [2.24, 2.45) is 0 Å². The first-order chi connectivity index (χ1) is 6.22. The van der Waals surface area contributed by atoms with E-state index in [9.17, 15) is 4.79 Å². The fourth-order valence-electron chi connectivity index (χ4n) is 1.22. The number of nitrogens with zero attached hydrogens (tertiary/aromatic N) is 2. The van der Waals surface area contributed by atoms with E-state index in [0.717, 1.165) is 6.54 Å². The van der Waals surface area contributed by atoms with Gasteiger partial charge in [0.05, 0.1) is 6.33 Å². The van der Waals surface area contributed by atoms with Crippen molar-refractivity contribution in [3.8, 4) is 0 Å². The largest absolute Gasteiger partial charge is 0.325 e. The van der Waals surface area contributed by atoms with Gasteiger partial charge >= 0.3 is 5.69 Å². The van der Waals surface area contributed by atoms with Crippen LogP contribution in [-0.4, -0.2) is 19.5 Å². The number of aryl methyl sites for hydroxylation is 1. The average Bonchev–Trinajstić information content (AvgIpc) is 2.47. The first-order valence-electron chi connectivity index (χ1n) is 3.90. The fraction of sp³-hybridized carbons (Fsp3) is 0.286. The van der Waals surface area contributed by atoms with Crippen LogP contribution in [0.3, 0.4) is 0 Å². The minimum absolute atomic E-state index is 0.298. The topological polar surface area (TPSA) is 66.5 Å². The number of fused-ring (bicyclic) bond motifs is 1. The van der Waals surface area contributed by atoms with E-state index in [0.29, 0.717) is 15.8 Å². The monoisotopic (exact) mass is 196 g/mol. The van der Waals surface area contributed by atoms with Gasteiger partial charge in [-0.2, -0.15) is 0 Å². The number of hydrogen-bond donors (Lipinski definition) is 2. The quantitative estimate of drug-likeness (QED) is 0.663. The van der Waals surface area contributed by atoms with Crippen LogP contribution in [0, 0.1) is 4.64 Å². The Morgan fingerprint density at radius 3 is 3.08 bits per heavy atom. The number of nitrogens with one attached hydrogen (secondary N) is 2. The normalized spacial score (nSPS) is 10.8. The van der Waals surface area contributed by atoms with Crippen LogP contribution in [0.25, 0.3) is 11.2 Å². The van der Waals surface area contributed by atoms with Gasteiger partial charge in [-0.25, -0.2) is 9.78 Å². The van der Waals surface area contributed by atoms with E-state index < -0.39 is 0 Å². The molecule has 0 unspecified atom stereocenters. The molecule has 0 fully saturated rings. The average molecular weight is 196 g/mol. The molecule has 0 aliphatic heterocycles. The van der Waals surface area contributed by atoms with Crippen molar-refractivity contribution in [2.75, 3.05) is 0 Å². The van der Waals surface area contributed by atoms with Gasteiger partial charge in [0.15, 0.2) is 0 Å². The van der Waals surface area contributed by atoms with Crippen LogP contribution in [-0.2, 0) is 6.54 Å². The van der Waals surface area contributed by atoms with Crippen molar-refractivity contribution in [1.29, 1.82) is 0 Å². The van der Waals surface area contributed by atoms with Gasteiger partial charge in [0.25, 0.3) is 0 Å². The lowest BCUT2D eigenvalue weighted by Crippen LogP contribution is -2.11. The van der Waals surface area contributed by atoms with Crippen molar-refractivity contribution >= 4 is 23.4 Å². The highest BCUT2D eigenvalue weighted by Gasteiger charge is 2.03. The Kier molecular flexibility index (Phi) is 1.77. The predicted octanol–water partition coefficient (Wildman–Crippen LogP) is 0.802. The highest BCUT2D eigenvalue weighted by molar-refractivity contribution is 7.71. The Morgan fingerprint density at radius 2 is 2.38 bits per heavy atom. The Labute approximate surface area is 78.4 Å². The van der Waals surface area contributed by atoms with E-state index in [1.165, 1.54) is 0 Å². The summed E-state index contributed by atoms with van der Waals surface area (Å²) < 4.78 is 2.21. The molecule has 0 aliphatic rings. The molecule has 0 spiro atoms. The summed E-state index contributed by atoms with van der Waals surface area (Å²) >= 11 is 4.95. The van der Waals surface area contributed by atoms with E-state index in [1.54, 1.807) is 6.33 Å². The standard InChI is InChI=1S/C7H8N4OS/c1-2-11-3-8-4-5(11)9-7(12)10-6(4)13/h3H,2H2,1H3,(H2,9,10,12,13). The van der Waals surface area contributed by atoms with Gasteiger partial charge in [-0.1, -0.05) is 12.2 Å². The molecular weight excluding hydrogens is 188 g/mol. The SMILES string of the molecule is CCn1cnc2c(=S)[nH]c(=O)[nH]c21. The molecule has 6 heteroatoms. The van der Waals surface area contributed by atoms with Crippen LogP contribution in [0.5, 0.6) is 0 Å². The molecule has 0 amide bonds. The summed E-state index contributed by atoms with van der Waals surface area (Å²) in [6.07, 6.45) is 1.66. The van der Waals surface area contributed by atoms with E-state index >= 15 is 0 Å². The molecule has 0 aliphatic carbocycles. The zero-order valence-electron chi connectivity index (χ0n) is 7.00. The zero-order chi connectivity index (χ0) is 9.42. The maximum atomic E-state index is 11.1. The Morgan fingerprint density at radius 1 is 1.62 bits per heavy atom. The molecule has 0 aromatic carbocycles. The van der Waals surface area contributed by atoms with E-state index in [2.05, 4.69) is 15.0 Å². The van der Waals surface area contributed by atoms with Crippen molar-refractivity contribution in [1.82, 2.24) is 19.5 Å². The molecule has 2 rings (SSSR count). The third-order valence-electron chi connectivity index (χ3n) is 1.85. The summed E-state index contributed by atoms with van der Waals surface area (Å²) in [5.74, 6) is 0. The summed E-state index contributed by atoms with van der Waals surface area (Å²) in [7, 11) is 0. The van der Waals surface area contributed by atoms with E-state index in [1.807, 2.05) is 11.5 Å². The van der Waals surface area contributed by atoms with Gasteiger partial charge in [-0.15, -0.1) is 0 Å². The fourth-order valence-corrected chi connectivity index (χ4v) is 1.46. The number of H-pyrrole nitrogens is 2. The highest BCUT2D eigenvalue weighted by Crippen LogP contribution is 2.06. The third-order valence-corrected chi connectivity index (χ3v) is 2.15. The maximum Gasteiger partial charge on any atom is 0.325 e. The van der Waals surface area contributed by atoms with Crippen LogP contribution < -0.4 is 5.69 Å². The number of imidazole rings is 1. The lowest BCUT2D eigenvalue weighted by atomic mass is 10.5. The molecule has 0 saturated carbocycles. The van der Waals surface area contributed by atoms with Gasteiger partial charge in [-0.3, -0.25) is 9.97 Å². The number of hydrogen-bond acceptors (Lipinski definition) is 3. The Hall–Kier alpha value is -1.43. The minimum Gasteiger partial charge on any atom is -0.317 e. The second-order valence-electron chi connectivity index (χ2n) is 2.64. The molecule has 0 radical (unpaired) electrons. The van der Waals surface area contributed by atoms with Gasteiger partial charge in [0.1, 0.15) is 15.8 Å². The molecule has 5 nitrogen and oxygen atoms in total. The molecular formula is C7H8N4OS. The van der Waals surface area contributed by atoms with Crippen molar-refractivity contribution in [3.05, 3.63) is 21.5 Å². The molecule has 68 valence electrons. The molecule has 2 aromatic heterocycles. The summed E-state index contributed by atoms with van der Waals surface area (Å²) in [5, 5.41) is 0. The summed E-state index contributed by atoms with van der Waals surface area (Å²) in [6.45, 7) is 2.73. The Bertz CT molecular complexity index is 549. The molecule has 2 aromatic rings. The van der Waals surface area contributed by atoms with Crippen molar-refractivity contribution in [3.63, 3.8) is 0 Å². The van der Waals surface area contributed by atoms with Crippen molar-refractivity contribution in [2.45, 2.75) is 13.5 Å². The number of aromatic amines is 2. The van der Waals surface area contributed by atoms with Gasteiger partial charge in [0, 0.05) is 6.54 Å². The Balaban J connectivity index is 2.98. The molecule has 0 atom stereocenters. The molecule has 0 bridgehead atoms. The lowest BCUT2D eigenvalue weighted by molar-refractivity contribution is 0.775. The first-order valence-corrected chi connectivity index (χ1v) is 4.30. The molecule has 0 saturated heterocycles. The molecule has 2 N–H and O–H groups in total. The van der Waals surface area contributed by atoms with E-state index in [-0.39, 0.29) is 5.69 Å². The number of aromatic nitrogens is 4. The smallest absolute Gasteiger partial charge is 0.317 e. The maximum absolute atomic E-state index is 11.1. The third kappa shape index (κ3) is 1.19. The van der Waals surface area contributed by atoms with E-state index in [4.69, 9.17) is 12.2 Å². The van der Waals surface area contributed by atoms with Gasteiger partial charge in [-0.05, 0) is 6.92 Å². The molecule has 13 heavy (non-hydrogen) atoms. The van der Waals surface area contributed by atoms with Gasteiger partial charge in [0.2, 0.25) is 0 Å². The summed E-state index contributed by atoms with van der Waals surface area (Å²) in [6, 6.07) is 0. The second kappa shape index (κ2) is 2.81.